The molecule has 6 heteroatoms. The zero-order valence-electron chi connectivity index (χ0n) is 16.4. The van der Waals surface area contributed by atoms with E-state index in [4.69, 9.17) is 4.74 Å². The fourth-order valence-corrected chi connectivity index (χ4v) is 3.77. The van der Waals surface area contributed by atoms with Gasteiger partial charge < -0.3 is 14.9 Å². The third-order valence-corrected chi connectivity index (χ3v) is 7.01. The zero-order valence-corrected chi connectivity index (χ0v) is 17.3. The molecule has 0 fully saturated rings. The Morgan fingerprint density at radius 1 is 1.00 bits per heavy atom. The van der Waals surface area contributed by atoms with Crippen molar-refractivity contribution in [3.8, 4) is 0 Å². The summed E-state index contributed by atoms with van der Waals surface area (Å²) in [5, 5.41) is 19.1. The molecular weight excluding hydrogens is 339 g/mol. The number of aliphatic hydroxyl groups excluding tert-OH is 1. The number of ether oxygens (including phenoxy) is 1. The predicted octanol–water partition coefficient (Wildman–Crippen LogP) is 5.40. The summed E-state index contributed by atoms with van der Waals surface area (Å²) >= 11 is 0. The molecule has 5 nitrogen and oxygen atoms in total. The summed E-state index contributed by atoms with van der Waals surface area (Å²) in [6, 6.07) is 0. The fraction of sp³-hybridized carbons (Fsp3) is 0.947. The molecule has 0 aliphatic heterocycles. The first-order valence-corrected chi connectivity index (χ1v) is 10.5. The van der Waals surface area contributed by atoms with Crippen LogP contribution in [0.3, 0.4) is 0 Å². The topological polar surface area (TPSA) is 83.8 Å². The van der Waals surface area contributed by atoms with Gasteiger partial charge in [0.1, 0.15) is 0 Å². The van der Waals surface area contributed by atoms with Gasteiger partial charge in [-0.05, 0) is 57.8 Å². The first-order valence-electron chi connectivity index (χ1n) is 9.72. The average Bonchev–Trinajstić information content (AvgIpc) is 2.62. The van der Waals surface area contributed by atoms with Crippen LogP contribution in [0.5, 0.6) is 0 Å². The summed E-state index contributed by atoms with van der Waals surface area (Å²) in [6.45, 7) is 8.38. The van der Waals surface area contributed by atoms with Gasteiger partial charge in [-0.15, -0.1) is 0 Å². The van der Waals surface area contributed by atoms with Gasteiger partial charge in [0.2, 0.25) is 0 Å². The number of hydrogen-bond acceptors (Lipinski definition) is 4. The van der Waals surface area contributed by atoms with Gasteiger partial charge in [-0.1, -0.05) is 34.1 Å². The van der Waals surface area contributed by atoms with E-state index < -0.39 is 17.7 Å². The Morgan fingerprint density at radius 2 is 1.60 bits per heavy atom. The number of carbonyl (C=O) groups is 1. The number of unbranched alkanes of at least 4 members (excludes halogenated alkanes) is 1. The predicted molar refractivity (Wildman–Crippen MR) is 101 cm³/mol. The van der Waals surface area contributed by atoms with Crippen LogP contribution >= 0.6 is 8.46 Å². The van der Waals surface area contributed by atoms with E-state index in [1.165, 1.54) is 0 Å². The molecule has 0 radical (unpaired) electrons. The van der Waals surface area contributed by atoms with Gasteiger partial charge in [0.05, 0.1) is 10.6 Å². The molecule has 0 aromatic rings. The second-order valence-corrected chi connectivity index (χ2v) is 8.12. The Hall–Kier alpha value is -0.510. The Labute approximate surface area is 154 Å². The first-order chi connectivity index (χ1) is 11.8. The number of rotatable bonds is 16. The molecule has 1 unspecified atom stereocenters. The van der Waals surface area contributed by atoms with Gasteiger partial charge in [-0.25, -0.2) is 0 Å². The van der Waals surface area contributed by atoms with E-state index in [1.807, 2.05) is 27.7 Å². The van der Waals surface area contributed by atoms with Crippen molar-refractivity contribution in [2.24, 2.45) is 5.41 Å². The second kappa shape index (κ2) is 12.8. The lowest BCUT2D eigenvalue weighted by atomic mass is 9.78. The summed E-state index contributed by atoms with van der Waals surface area (Å²) in [5.74, 6) is -0.716. The average molecular weight is 376 g/mol. The Balaban J connectivity index is 3.99. The third kappa shape index (κ3) is 8.15. The minimum atomic E-state index is -0.795. The van der Waals surface area contributed by atoms with Crippen molar-refractivity contribution in [1.82, 2.24) is 0 Å². The van der Waals surface area contributed by atoms with Gasteiger partial charge in [-0.2, -0.15) is 0 Å². The number of carboxylic acid groups (broad SMARTS) is 1. The van der Waals surface area contributed by atoms with E-state index in [0.717, 1.165) is 38.5 Å². The van der Waals surface area contributed by atoms with Crippen LogP contribution in [-0.4, -0.2) is 34.2 Å². The largest absolute Gasteiger partial charge is 0.481 e. The van der Waals surface area contributed by atoms with Gasteiger partial charge in [0, 0.05) is 6.61 Å². The van der Waals surface area contributed by atoms with E-state index >= 15 is 0 Å². The highest BCUT2D eigenvalue weighted by atomic mass is 31.1. The van der Waals surface area contributed by atoms with E-state index in [2.05, 4.69) is 0 Å². The summed E-state index contributed by atoms with van der Waals surface area (Å²) < 4.78 is 16.8. The van der Waals surface area contributed by atoms with E-state index in [0.29, 0.717) is 32.3 Å². The lowest BCUT2D eigenvalue weighted by Gasteiger charge is -2.26. The van der Waals surface area contributed by atoms with E-state index in [9.17, 15) is 19.6 Å². The summed E-state index contributed by atoms with van der Waals surface area (Å²) in [7, 11) is 0.188. The van der Waals surface area contributed by atoms with Gasteiger partial charge >= 0.3 is 5.97 Å². The van der Waals surface area contributed by atoms with Crippen molar-refractivity contribution < 1.29 is 24.3 Å². The minimum Gasteiger partial charge on any atom is -0.481 e. The van der Waals surface area contributed by atoms with Gasteiger partial charge in [-0.3, -0.25) is 9.36 Å². The van der Waals surface area contributed by atoms with Crippen LogP contribution in [0.1, 0.15) is 91.9 Å². The summed E-state index contributed by atoms with van der Waals surface area (Å²) in [4.78, 5) is 11.4. The maximum absolute atomic E-state index is 11.4. The fourth-order valence-electron chi connectivity index (χ4n) is 3.27. The molecule has 0 spiro atoms. The van der Waals surface area contributed by atoms with Crippen LogP contribution < -0.4 is 0 Å². The highest BCUT2D eigenvalue weighted by Crippen LogP contribution is 2.36. The lowest BCUT2D eigenvalue weighted by Crippen LogP contribution is -2.29. The molecule has 0 rings (SSSR count). The molecule has 0 aromatic heterocycles. The highest BCUT2D eigenvalue weighted by molar-refractivity contribution is 7.26. The maximum atomic E-state index is 11.4. The molecule has 148 valence electrons. The van der Waals surface area contributed by atoms with Crippen LogP contribution in [0.25, 0.3) is 0 Å². The van der Waals surface area contributed by atoms with Crippen molar-refractivity contribution in [2.45, 2.75) is 103 Å². The third-order valence-electron chi connectivity index (χ3n) is 5.77. The normalized spacial score (nSPS) is 14.0. The van der Waals surface area contributed by atoms with Crippen LogP contribution in [0, 0.1) is 5.41 Å². The molecule has 25 heavy (non-hydrogen) atoms. The molecule has 2 N–H and O–H groups in total. The number of aliphatic hydroxyl groups is 1. The molecule has 0 amide bonds. The van der Waals surface area contributed by atoms with Crippen LogP contribution in [-0.2, 0) is 14.1 Å². The van der Waals surface area contributed by atoms with Crippen molar-refractivity contribution in [1.29, 1.82) is 0 Å². The number of hydrogen-bond donors (Lipinski definition) is 2. The van der Waals surface area contributed by atoms with Crippen molar-refractivity contribution in [2.75, 3.05) is 6.61 Å². The maximum Gasteiger partial charge on any atom is 0.309 e. The van der Waals surface area contributed by atoms with Crippen molar-refractivity contribution in [3.63, 3.8) is 0 Å². The molecule has 0 aliphatic carbocycles. The Morgan fingerprint density at radius 3 is 2.04 bits per heavy atom. The van der Waals surface area contributed by atoms with Crippen LogP contribution in [0.2, 0.25) is 0 Å². The molecule has 0 heterocycles. The molecule has 1 atom stereocenters. The smallest absolute Gasteiger partial charge is 0.309 e. The molecule has 0 aromatic carbocycles. The molecular formula is C19H37O5P. The standard InChI is InChI=1S/C19H37O5P/c1-5-18(6-2,17(21)22)13-9-10-15-24-16(20)12-11-14-19(7-3,8-4)25-23/h16,20H,5-15H2,1-4H3,(H,21,22). The summed E-state index contributed by atoms with van der Waals surface area (Å²) in [6.07, 6.45) is 6.53. The zero-order chi connectivity index (χ0) is 19.3. The Bertz CT molecular complexity index is 378. The SMILES string of the molecule is CCC(CC)(CCCC(O)OCCCCC(CC)(CC)C(=O)O)P=O. The van der Waals surface area contributed by atoms with Crippen molar-refractivity contribution >= 4 is 14.4 Å². The number of aliphatic carboxylic acids is 1. The molecule has 0 saturated heterocycles. The van der Waals surface area contributed by atoms with Crippen LogP contribution in [0.4, 0.5) is 0 Å². The number of carboxylic acids is 1. The quantitative estimate of drug-likeness (QED) is 0.214. The van der Waals surface area contributed by atoms with E-state index in [1.54, 1.807) is 0 Å². The highest BCUT2D eigenvalue weighted by Gasteiger charge is 2.33. The monoisotopic (exact) mass is 376 g/mol. The van der Waals surface area contributed by atoms with Gasteiger partial charge in [0.25, 0.3) is 0 Å². The van der Waals surface area contributed by atoms with Crippen molar-refractivity contribution in [3.05, 3.63) is 0 Å². The van der Waals surface area contributed by atoms with Gasteiger partial charge in [0.15, 0.2) is 14.8 Å². The summed E-state index contributed by atoms with van der Waals surface area (Å²) in [5.41, 5.74) is -0.625. The lowest BCUT2D eigenvalue weighted by molar-refractivity contribution is -0.150. The minimum absolute atomic E-state index is 0.166. The molecule has 0 bridgehead atoms. The first kappa shape index (κ1) is 24.5. The Kier molecular flexibility index (Phi) is 12.5. The van der Waals surface area contributed by atoms with Crippen LogP contribution in [0.15, 0.2) is 0 Å². The molecule has 0 saturated carbocycles. The second-order valence-electron chi connectivity index (χ2n) is 6.99. The molecule has 0 aliphatic rings. The van der Waals surface area contributed by atoms with E-state index in [-0.39, 0.29) is 13.6 Å².